The van der Waals surface area contributed by atoms with E-state index < -0.39 is 10.0 Å². The Balaban J connectivity index is 0.00000529. The summed E-state index contributed by atoms with van der Waals surface area (Å²) in [5.74, 6) is 0.0164. The first-order chi connectivity index (χ1) is 10.9. The number of hydrogen-bond acceptors (Lipinski definition) is 4. The van der Waals surface area contributed by atoms with Gasteiger partial charge >= 0.3 is 0 Å². The SMILES string of the molecule is CN(C)S(=O)(=O)c1ccc(CNC(=O)CCCCCCN)cc1.Cl. The van der Waals surface area contributed by atoms with Crippen LogP contribution in [0.2, 0.25) is 0 Å². The number of nitrogens with one attached hydrogen (secondary N) is 1. The predicted molar refractivity (Wildman–Crippen MR) is 98.5 cm³/mol. The van der Waals surface area contributed by atoms with Crippen molar-refractivity contribution in [3.63, 3.8) is 0 Å². The molecule has 0 aliphatic heterocycles. The molecular weight excluding hydrogens is 350 g/mol. The van der Waals surface area contributed by atoms with Crippen LogP contribution in [0.15, 0.2) is 29.2 Å². The number of halogens is 1. The molecule has 6 nitrogen and oxygen atoms in total. The number of amides is 1. The highest BCUT2D eigenvalue weighted by molar-refractivity contribution is 7.89. The predicted octanol–water partition coefficient (Wildman–Crippen LogP) is 1.88. The molecule has 0 saturated carbocycles. The van der Waals surface area contributed by atoms with Crippen LogP contribution in [0.25, 0.3) is 0 Å². The molecule has 0 heterocycles. The van der Waals surface area contributed by atoms with Gasteiger partial charge in [0.2, 0.25) is 15.9 Å². The van der Waals surface area contributed by atoms with Gasteiger partial charge in [0.05, 0.1) is 4.90 Å². The summed E-state index contributed by atoms with van der Waals surface area (Å²) in [6.45, 7) is 1.11. The molecule has 0 saturated heterocycles. The number of sulfonamides is 1. The zero-order valence-corrected chi connectivity index (χ0v) is 16.0. The summed E-state index contributed by atoms with van der Waals surface area (Å²) >= 11 is 0. The molecule has 138 valence electrons. The Morgan fingerprint density at radius 3 is 2.21 bits per heavy atom. The number of nitrogens with zero attached hydrogens (tertiary/aromatic N) is 1. The molecular formula is C16H28ClN3O3S. The molecule has 0 aliphatic rings. The van der Waals surface area contributed by atoms with Crippen LogP contribution in [-0.4, -0.2) is 39.3 Å². The molecule has 0 aromatic heterocycles. The van der Waals surface area contributed by atoms with Gasteiger partial charge in [-0.3, -0.25) is 4.79 Å². The maximum atomic E-state index is 12.0. The molecule has 1 aromatic rings. The number of benzene rings is 1. The quantitative estimate of drug-likeness (QED) is 0.609. The number of rotatable bonds is 10. The second-order valence-electron chi connectivity index (χ2n) is 5.66. The fraction of sp³-hybridized carbons (Fsp3) is 0.562. The summed E-state index contributed by atoms with van der Waals surface area (Å²) in [6.07, 6.45) is 4.46. The van der Waals surface area contributed by atoms with E-state index in [0.717, 1.165) is 31.2 Å². The van der Waals surface area contributed by atoms with E-state index in [1.165, 1.54) is 18.4 Å². The van der Waals surface area contributed by atoms with Crippen LogP contribution in [0.1, 0.15) is 37.7 Å². The average molecular weight is 378 g/mol. The van der Waals surface area contributed by atoms with Crippen LogP contribution in [0, 0.1) is 0 Å². The molecule has 1 aromatic carbocycles. The number of unbranched alkanes of at least 4 members (excludes halogenated alkanes) is 3. The van der Waals surface area contributed by atoms with Crippen LogP contribution < -0.4 is 11.1 Å². The lowest BCUT2D eigenvalue weighted by Gasteiger charge is -2.12. The van der Waals surface area contributed by atoms with Crippen LogP contribution in [0.4, 0.5) is 0 Å². The van der Waals surface area contributed by atoms with Gasteiger partial charge in [-0.15, -0.1) is 12.4 Å². The molecule has 0 atom stereocenters. The van der Waals surface area contributed by atoms with E-state index in [1.54, 1.807) is 24.3 Å². The number of nitrogens with two attached hydrogens (primary N) is 1. The summed E-state index contributed by atoms with van der Waals surface area (Å²) in [6, 6.07) is 6.56. The van der Waals surface area contributed by atoms with Crippen molar-refractivity contribution in [3.05, 3.63) is 29.8 Å². The number of carbonyl (C=O) groups excluding carboxylic acids is 1. The monoisotopic (exact) mass is 377 g/mol. The van der Waals surface area contributed by atoms with Gasteiger partial charge in [0, 0.05) is 27.1 Å². The van der Waals surface area contributed by atoms with Crippen molar-refractivity contribution in [2.75, 3.05) is 20.6 Å². The lowest BCUT2D eigenvalue weighted by Crippen LogP contribution is -2.23. The molecule has 0 radical (unpaired) electrons. The first-order valence-corrected chi connectivity index (χ1v) is 9.30. The number of hydrogen-bond donors (Lipinski definition) is 2. The molecule has 3 N–H and O–H groups in total. The first kappa shape index (κ1) is 22.9. The second kappa shape index (κ2) is 11.4. The van der Waals surface area contributed by atoms with Gasteiger partial charge in [-0.2, -0.15) is 0 Å². The Bertz CT molecular complexity index is 589. The second-order valence-corrected chi connectivity index (χ2v) is 7.81. The zero-order valence-electron chi connectivity index (χ0n) is 14.3. The van der Waals surface area contributed by atoms with Crippen molar-refractivity contribution in [2.24, 2.45) is 5.73 Å². The Morgan fingerprint density at radius 1 is 1.08 bits per heavy atom. The molecule has 0 aliphatic carbocycles. The van der Waals surface area contributed by atoms with Crippen LogP contribution in [0.5, 0.6) is 0 Å². The molecule has 1 rings (SSSR count). The summed E-state index contributed by atoms with van der Waals surface area (Å²) < 4.78 is 25.1. The van der Waals surface area contributed by atoms with Crippen LogP contribution in [-0.2, 0) is 21.4 Å². The summed E-state index contributed by atoms with van der Waals surface area (Å²) in [5.41, 5.74) is 6.29. The smallest absolute Gasteiger partial charge is 0.242 e. The van der Waals surface area contributed by atoms with Crippen LogP contribution in [0.3, 0.4) is 0 Å². The Morgan fingerprint density at radius 2 is 1.67 bits per heavy atom. The fourth-order valence-electron chi connectivity index (χ4n) is 2.06. The summed E-state index contributed by atoms with van der Waals surface area (Å²) in [5, 5.41) is 2.85. The van der Waals surface area contributed by atoms with Gasteiger partial charge in [0.25, 0.3) is 0 Å². The van der Waals surface area contributed by atoms with E-state index in [1.807, 2.05) is 0 Å². The van der Waals surface area contributed by atoms with Gasteiger partial charge in [0.1, 0.15) is 0 Å². The van der Waals surface area contributed by atoms with Crippen molar-refractivity contribution in [2.45, 2.75) is 43.5 Å². The van der Waals surface area contributed by atoms with Gasteiger partial charge in [-0.05, 0) is 37.1 Å². The van der Waals surface area contributed by atoms with Crippen LogP contribution >= 0.6 is 12.4 Å². The highest BCUT2D eigenvalue weighted by atomic mass is 35.5. The van der Waals surface area contributed by atoms with Crippen molar-refractivity contribution in [1.29, 1.82) is 0 Å². The standard InChI is InChI=1S/C16H27N3O3S.ClH/c1-19(2)23(21,22)15-10-8-14(9-11-15)13-18-16(20)7-5-3-4-6-12-17;/h8-11H,3-7,12-13,17H2,1-2H3,(H,18,20);1H. The summed E-state index contributed by atoms with van der Waals surface area (Å²) in [4.78, 5) is 12.0. The van der Waals surface area contributed by atoms with E-state index in [9.17, 15) is 13.2 Å². The van der Waals surface area contributed by atoms with Crippen molar-refractivity contribution in [3.8, 4) is 0 Å². The number of carbonyl (C=O) groups is 1. The topological polar surface area (TPSA) is 92.5 Å². The fourth-order valence-corrected chi connectivity index (χ4v) is 2.96. The molecule has 0 fully saturated rings. The highest BCUT2D eigenvalue weighted by Crippen LogP contribution is 2.14. The minimum absolute atomic E-state index is 0. The lowest BCUT2D eigenvalue weighted by atomic mass is 10.1. The highest BCUT2D eigenvalue weighted by Gasteiger charge is 2.16. The Labute approximate surface area is 151 Å². The van der Waals surface area contributed by atoms with E-state index >= 15 is 0 Å². The third kappa shape index (κ3) is 7.61. The first-order valence-electron chi connectivity index (χ1n) is 7.86. The molecule has 8 heteroatoms. The normalized spacial score (nSPS) is 11.2. The Hall–Kier alpha value is -1.15. The molecule has 0 spiro atoms. The van der Waals surface area contributed by atoms with E-state index in [0.29, 0.717) is 19.5 Å². The molecule has 24 heavy (non-hydrogen) atoms. The van der Waals surface area contributed by atoms with Gasteiger partial charge in [0.15, 0.2) is 0 Å². The van der Waals surface area contributed by atoms with Gasteiger partial charge < -0.3 is 11.1 Å². The minimum atomic E-state index is -3.41. The average Bonchev–Trinajstić information content (AvgIpc) is 2.53. The maximum Gasteiger partial charge on any atom is 0.242 e. The van der Waals surface area contributed by atoms with E-state index in [4.69, 9.17) is 5.73 Å². The van der Waals surface area contributed by atoms with Crippen molar-refractivity contribution in [1.82, 2.24) is 9.62 Å². The van der Waals surface area contributed by atoms with Gasteiger partial charge in [-0.25, -0.2) is 12.7 Å². The van der Waals surface area contributed by atoms with Crippen molar-refractivity contribution < 1.29 is 13.2 Å². The molecule has 1 amide bonds. The van der Waals surface area contributed by atoms with E-state index in [2.05, 4.69) is 5.32 Å². The maximum absolute atomic E-state index is 12.0. The molecule has 0 unspecified atom stereocenters. The van der Waals surface area contributed by atoms with Gasteiger partial charge in [-0.1, -0.05) is 25.0 Å². The minimum Gasteiger partial charge on any atom is -0.352 e. The Kier molecular flexibility index (Phi) is 10.9. The third-order valence-electron chi connectivity index (χ3n) is 3.55. The lowest BCUT2D eigenvalue weighted by molar-refractivity contribution is -0.121. The molecule has 0 bridgehead atoms. The zero-order chi connectivity index (χ0) is 17.3. The third-order valence-corrected chi connectivity index (χ3v) is 5.38. The largest absolute Gasteiger partial charge is 0.352 e. The van der Waals surface area contributed by atoms with E-state index in [-0.39, 0.29) is 23.2 Å². The summed E-state index contributed by atoms with van der Waals surface area (Å²) in [7, 11) is -0.414. The van der Waals surface area contributed by atoms with Crippen molar-refractivity contribution >= 4 is 28.3 Å².